The number of nitrogens with one attached hydrogen (secondary N) is 1. The van der Waals surface area contributed by atoms with Crippen LogP contribution in [0.15, 0.2) is 48.5 Å². The minimum Gasteiger partial charge on any atom is -0.482 e. The van der Waals surface area contributed by atoms with E-state index in [1.165, 1.54) is 11.3 Å². The molecule has 1 aromatic heterocycles. The summed E-state index contributed by atoms with van der Waals surface area (Å²) in [5.74, 6) is 0.215. The number of anilines is 1. The normalized spacial score (nSPS) is 10.5. The van der Waals surface area contributed by atoms with Gasteiger partial charge in [0, 0.05) is 0 Å². The van der Waals surface area contributed by atoms with Gasteiger partial charge in [0.1, 0.15) is 5.75 Å². The molecule has 1 amide bonds. The van der Waals surface area contributed by atoms with E-state index in [-0.39, 0.29) is 12.5 Å². The average Bonchev–Trinajstić information content (AvgIpc) is 2.88. The molecule has 6 heteroatoms. The Balaban J connectivity index is 1.62. The van der Waals surface area contributed by atoms with Gasteiger partial charge in [-0.05, 0) is 24.3 Å². The second-order valence-corrected chi connectivity index (χ2v) is 5.69. The number of halogens is 1. The molecule has 0 saturated heterocycles. The van der Waals surface area contributed by atoms with Gasteiger partial charge < -0.3 is 4.74 Å². The molecule has 0 fully saturated rings. The first kappa shape index (κ1) is 13.9. The quantitative estimate of drug-likeness (QED) is 0.792. The second-order valence-electron chi connectivity index (χ2n) is 4.25. The molecule has 0 aliphatic heterocycles. The van der Waals surface area contributed by atoms with Gasteiger partial charge >= 0.3 is 0 Å². The molecular formula is C15H11ClN2O2S. The first-order valence-electron chi connectivity index (χ1n) is 6.25. The monoisotopic (exact) mass is 318 g/mol. The Hall–Kier alpha value is -2.11. The highest BCUT2D eigenvalue weighted by molar-refractivity contribution is 7.22. The van der Waals surface area contributed by atoms with Crippen LogP contribution in [0.5, 0.6) is 5.75 Å². The molecule has 2 aromatic carbocycles. The zero-order valence-corrected chi connectivity index (χ0v) is 12.4. The fraction of sp³-hybridized carbons (Fsp3) is 0.0667. The Morgan fingerprint density at radius 1 is 1.19 bits per heavy atom. The molecule has 1 N–H and O–H groups in total. The third-order valence-corrected chi connectivity index (χ3v) is 4.00. The van der Waals surface area contributed by atoms with Crippen molar-refractivity contribution in [1.29, 1.82) is 0 Å². The predicted molar refractivity (Wildman–Crippen MR) is 85.2 cm³/mol. The van der Waals surface area contributed by atoms with Crippen molar-refractivity contribution in [1.82, 2.24) is 4.98 Å². The summed E-state index contributed by atoms with van der Waals surface area (Å²) in [5.41, 5.74) is 0.866. The van der Waals surface area contributed by atoms with Crippen LogP contribution in [0.25, 0.3) is 10.2 Å². The van der Waals surface area contributed by atoms with Gasteiger partial charge in [-0.2, -0.15) is 0 Å². The fourth-order valence-corrected chi connectivity index (χ4v) is 2.86. The van der Waals surface area contributed by atoms with E-state index >= 15 is 0 Å². The van der Waals surface area contributed by atoms with Crippen LogP contribution < -0.4 is 10.1 Å². The second kappa shape index (κ2) is 6.11. The van der Waals surface area contributed by atoms with Crippen molar-refractivity contribution in [2.45, 2.75) is 0 Å². The predicted octanol–water partition coefficient (Wildman–Crippen LogP) is 3.97. The number of carbonyl (C=O) groups is 1. The van der Waals surface area contributed by atoms with E-state index in [4.69, 9.17) is 16.3 Å². The third-order valence-electron chi connectivity index (χ3n) is 2.74. The third kappa shape index (κ3) is 3.32. The maximum absolute atomic E-state index is 11.9. The van der Waals surface area contributed by atoms with Crippen LogP contribution in [0.1, 0.15) is 0 Å². The molecule has 0 atom stereocenters. The van der Waals surface area contributed by atoms with Crippen molar-refractivity contribution in [3.05, 3.63) is 53.6 Å². The van der Waals surface area contributed by atoms with Gasteiger partial charge in [0.15, 0.2) is 11.7 Å². The number of para-hydroxylation sites is 2. The van der Waals surface area contributed by atoms with Gasteiger partial charge in [-0.3, -0.25) is 10.1 Å². The van der Waals surface area contributed by atoms with E-state index in [0.717, 1.165) is 10.2 Å². The molecule has 0 radical (unpaired) electrons. The number of ether oxygens (including phenoxy) is 1. The number of carbonyl (C=O) groups excluding carboxylic acids is 1. The molecule has 3 aromatic rings. The van der Waals surface area contributed by atoms with Crippen LogP contribution in [0.4, 0.5) is 5.13 Å². The van der Waals surface area contributed by atoms with Crippen molar-refractivity contribution in [2.24, 2.45) is 0 Å². The Morgan fingerprint density at radius 3 is 2.76 bits per heavy atom. The SMILES string of the molecule is O=C(COc1ccccc1Cl)Nc1nc2ccccc2s1. The minimum absolute atomic E-state index is 0.111. The molecule has 1 heterocycles. The summed E-state index contributed by atoms with van der Waals surface area (Å²) in [6.45, 7) is -0.111. The average molecular weight is 319 g/mol. The summed E-state index contributed by atoms with van der Waals surface area (Å²) in [5, 5.41) is 3.76. The van der Waals surface area contributed by atoms with Crippen LogP contribution in [-0.4, -0.2) is 17.5 Å². The lowest BCUT2D eigenvalue weighted by Crippen LogP contribution is -2.20. The van der Waals surface area contributed by atoms with Crippen molar-refractivity contribution in [2.75, 3.05) is 11.9 Å². The zero-order valence-electron chi connectivity index (χ0n) is 10.9. The number of amides is 1. The summed E-state index contributed by atoms with van der Waals surface area (Å²) >= 11 is 7.38. The maximum Gasteiger partial charge on any atom is 0.264 e. The Morgan fingerprint density at radius 2 is 1.95 bits per heavy atom. The lowest BCUT2D eigenvalue weighted by atomic mass is 10.3. The van der Waals surface area contributed by atoms with Crippen LogP contribution in [0, 0.1) is 0 Å². The summed E-state index contributed by atoms with van der Waals surface area (Å²) in [7, 11) is 0. The van der Waals surface area contributed by atoms with E-state index in [1.807, 2.05) is 24.3 Å². The Bertz CT molecular complexity index is 755. The number of nitrogens with zero attached hydrogens (tertiary/aromatic N) is 1. The molecule has 0 spiro atoms. The number of hydrogen-bond donors (Lipinski definition) is 1. The van der Waals surface area contributed by atoms with Gasteiger partial charge in [0.05, 0.1) is 15.2 Å². The molecule has 21 heavy (non-hydrogen) atoms. The summed E-state index contributed by atoms with van der Waals surface area (Å²) in [6.07, 6.45) is 0. The van der Waals surface area contributed by atoms with E-state index in [2.05, 4.69) is 10.3 Å². The highest BCUT2D eigenvalue weighted by Gasteiger charge is 2.09. The molecule has 0 saturated carbocycles. The largest absolute Gasteiger partial charge is 0.482 e. The van der Waals surface area contributed by atoms with Crippen LogP contribution in [0.2, 0.25) is 5.02 Å². The number of fused-ring (bicyclic) bond motifs is 1. The highest BCUT2D eigenvalue weighted by Crippen LogP contribution is 2.26. The smallest absolute Gasteiger partial charge is 0.264 e. The maximum atomic E-state index is 11.9. The van der Waals surface area contributed by atoms with Crippen molar-refractivity contribution >= 4 is 44.2 Å². The van der Waals surface area contributed by atoms with Gasteiger partial charge in [0.25, 0.3) is 5.91 Å². The van der Waals surface area contributed by atoms with Gasteiger partial charge in [-0.1, -0.05) is 47.2 Å². The van der Waals surface area contributed by atoms with E-state index < -0.39 is 0 Å². The first-order chi connectivity index (χ1) is 10.2. The molecule has 106 valence electrons. The minimum atomic E-state index is -0.269. The molecule has 3 rings (SSSR count). The highest BCUT2D eigenvalue weighted by atomic mass is 35.5. The van der Waals surface area contributed by atoms with E-state index in [0.29, 0.717) is 15.9 Å². The van der Waals surface area contributed by atoms with Gasteiger partial charge in [0.2, 0.25) is 0 Å². The molecular weight excluding hydrogens is 308 g/mol. The number of benzene rings is 2. The van der Waals surface area contributed by atoms with Gasteiger partial charge in [-0.25, -0.2) is 4.98 Å². The lowest BCUT2D eigenvalue weighted by molar-refractivity contribution is -0.118. The Labute approximate surface area is 130 Å². The van der Waals surface area contributed by atoms with Crippen molar-refractivity contribution in [3.8, 4) is 5.75 Å². The number of thiazole rings is 1. The van der Waals surface area contributed by atoms with Crippen molar-refractivity contribution in [3.63, 3.8) is 0 Å². The standard InChI is InChI=1S/C15H11ClN2O2S/c16-10-5-1-3-7-12(10)20-9-14(19)18-15-17-11-6-2-4-8-13(11)21-15/h1-8H,9H2,(H,17,18,19). The zero-order chi connectivity index (χ0) is 14.7. The Kier molecular flexibility index (Phi) is 4.03. The summed E-state index contributed by atoms with van der Waals surface area (Å²) < 4.78 is 6.41. The van der Waals surface area contributed by atoms with Crippen LogP contribution >= 0.6 is 22.9 Å². The van der Waals surface area contributed by atoms with E-state index in [1.54, 1.807) is 24.3 Å². The topological polar surface area (TPSA) is 51.2 Å². The summed E-state index contributed by atoms with van der Waals surface area (Å²) in [4.78, 5) is 16.2. The van der Waals surface area contributed by atoms with Gasteiger partial charge in [-0.15, -0.1) is 0 Å². The molecule has 0 aliphatic rings. The fourth-order valence-electron chi connectivity index (χ4n) is 1.79. The lowest BCUT2D eigenvalue weighted by Gasteiger charge is -2.06. The molecule has 4 nitrogen and oxygen atoms in total. The molecule has 0 bridgehead atoms. The van der Waals surface area contributed by atoms with E-state index in [9.17, 15) is 4.79 Å². The van der Waals surface area contributed by atoms with Crippen LogP contribution in [-0.2, 0) is 4.79 Å². The molecule has 0 aliphatic carbocycles. The summed E-state index contributed by atoms with van der Waals surface area (Å²) in [6, 6.07) is 14.7. The first-order valence-corrected chi connectivity index (χ1v) is 7.44. The number of aromatic nitrogens is 1. The molecule has 0 unspecified atom stereocenters. The van der Waals surface area contributed by atoms with Crippen LogP contribution in [0.3, 0.4) is 0 Å². The van der Waals surface area contributed by atoms with Crippen molar-refractivity contribution < 1.29 is 9.53 Å². The number of hydrogen-bond acceptors (Lipinski definition) is 4. The number of rotatable bonds is 4.